The molecule has 0 unspecified atom stereocenters. The van der Waals surface area contributed by atoms with E-state index in [2.05, 4.69) is 5.32 Å². The van der Waals surface area contributed by atoms with E-state index in [9.17, 15) is 22.8 Å². The van der Waals surface area contributed by atoms with E-state index in [4.69, 9.17) is 21.1 Å². The predicted molar refractivity (Wildman–Crippen MR) is 126 cm³/mol. The highest BCUT2D eigenvalue weighted by Crippen LogP contribution is 2.39. The van der Waals surface area contributed by atoms with Crippen molar-refractivity contribution in [2.45, 2.75) is 25.9 Å². The molecule has 0 atom stereocenters. The van der Waals surface area contributed by atoms with Crippen molar-refractivity contribution in [3.05, 3.63) is 94.0 Å². The summed E-state index contributed by atoms with van der Waals surface area (Å²) in [6, 6.07) is 16.5. The molecule has 1 amide bonds. The molecule has 184 valence electrons. The summed E-state index contributed by atoms with van der Waals surface area (Å²) >= 11 is 5.85. The molecule has 0 fully saturated rings. The van der Waals surface area contributed by atoms with E-state index >= 15 is 0 Å². The van der Waals surface area contributed by atoms with E-state index in [0.29, 0.717) is 23.6 Å². The van der Waals surface area contributed by atoms with Crippen LogP contribution < -0.4 is 10.1 Å². The number of alkyl halides is 3. The van der Waals surface area contributed by atoms with Crippen LogP contribution in [0.25, 0.3) is 0 Å². The molecule has 35 heavy (non-hydrogen) atoms. The summed E-state index contributed by atoms with van der Waals surface area (Å²) < 4.78 is 51.0. The van der Waals surface area contributed by atoms with Crippen LogP contribution in [0.2, 0.25) is 5.02 Å². The molecule has 0 aliphatic heterocycles. The van der Waals surface area contributed by atoms with Gasteiger partial charge in [-0.25, -0.2) is 0 Å². The molecule has 0 saturated carbocycles. The van der Waals surface area contributed by atoms with Crippen molar-refractivity contribution in [1.29, 1.82) is 0 Å². The summed E-state index contributed by atoms with van der Waals surface area (Å²) in [5.41, 5.74) is 0.513. The number of esters is 1. The SMILES string of the molecule is CCOC(=O)Cc1ccc(Oc2ccc(C(=O)NCCc3ccc(Cl)cc3)cc2)c(C(F)(F)F)c1. The summed E-state index contributed by atoms with van der Waals surface area (Å²) in [4.78, 5) is 24.0. The number of rotatable bonds is 9. The Kier molecular flexibility index (Phi) is 8.76. The molecule has 0 saturated heterocycles. The summed E-state index contributed by atoms with van der Waals surface area (Å²) in [7, 11) is 0. The minimum atomic E-state index is -4.69. The smallest absolute Gasteiger partial charge is 0.419 e. The maximum atomic E-state index is 13.6. The predicted octanol–water partition coefficient (Wildman–Crippen LogP) is 6.23. The molecule has 3 aromatic rings. The van der Waals surface area contributed by atoms with Gasteiger partial charge in [0, 0.05) is 17.1 Å². The minimum Gasteiger partial charge on any atom is -0.466 e. The second-order valence-electron chi connectivity index (χ2n) is 7.57. The molecule has 3 aromatic carbocycles. The molecule has 0 bridgehead atoms. The highest BCUT2D eigenvalue weighted by Gasteiger charge is 2.35. The molecule has 0 heterocycles. The summed E-state index contributed by atoms with van der Waals surface area (Å²) in [6.07, 6.45) is -4.35. The second kappa shape index (κ2) is 11.8. The molecule has 1 N–H and O–H groups in total. The van der Waals surface area contributed by atoms with Gasteiger partial charge in [-0.3, -0.25) is 9.59 Å². The van der Waals surface area contributed by atoms with Crippen molar-refractivity contribution in [3.8, 4) is 11.5 Å². The Morgan fingerprint density at radius 1 is 0.943 bits per heavy atom. The fraction of sp³-hybridized carbons (Fsp3) is 0.231. The number of ether oxygens (including phenoxy) is 2. The van der Waals surface area contributed by atoms with Crippen LogP contribution in [-0.4, -0.2) is 25.0 Å². The quantitative estimate of drug-likeness (QED) is 0.350. The van der Waals surface area contributed by atoms with Gasteiger partial charge >= 0.3 is 12.1 Å². The van der Waals surface area contributed by atoms with Gasteiger partial charge in [0.15, 0.2) is 0 Å². The van der Waals surface area contributed by atoms with Crippen LogP contribution in [-0.2, 0) is 28.5 Å². The highest BCUT2D eigenvalue weighted by atomic mass is 35.5. The zero-order chi connectivity index (χ0) is 25.4. The molecule has 0 spiro atoms. The number of hydrogen-bond donors (Lipinski definition) is 1. The number of amides is 1. The van der Waals surface area contributed by atoms with Gasteiger partial charge in [-0.05, 0) is 73.0 Å². The number of halogens is 4. The van der Waals surface area contributed by atoms with Crippen LogP contribution >= 0.6 is 11.6 Å². The molecule has 0 aliphatic carbocycles. The number of carbonyl (C=O) groups is 2. The van der Waals surface area contributed by atoms with Crippen LogP contribution in [0, 0.1) is 0 Å². The third-order valence-corrected chi connectivity index (χ3v) is 5.21. The molecule has 0 aromatic heterocycles. The van der Waals surface area contributed by atoms with Crippen molar-refractivity contribution in [3.63, 3.8) is 0 Å². The Morgan fingerprint density at radius 3 is 2.23 bits per heavy atom. The van der Waals surface area contributed by atoms with E-state index < -0.39 is 23.5 Å². The molecular weight excluding hydrogens is 483 g/mol. The molecule has 9 heteroatoms. The van der Waals surface area contributed by atoms with Crippen molar-refractivity contribution in [2.75, 3.05) is 13.2 Å². The van der Waals surface area contributed by atoms with Gasteiger partial charge in [0.1, 0.15) is 11.5 Å². The average Bonchev–Trinajstić information content (AvgIpc) is 2.81. The highest BCUT2D eigenvalue weighted by molar-refractivity contribution is 6.30. The van der Waals surface area contributed by atoms with Gasteiger partial charge in [0.2, 0.25) is 0 Å². The normalized spacial score (nSPS) is 11.1. The monoisotopic (exact) mass is 505 g/mol. The standard InChI is InChI=1S/C26H23ClF3NO4/c1-2-34-24(32)16-18-5-12-23(22(15-18)26(28,29)30)35-21-10-6-19(7-11-21)25(33)31-14-13-17-3-8-20(27)9-4-17/h3-12,15H,2,13-14,16H2,1H3,(H,31,33). The Morgan fingerprint density at radius 2 is 1.60 bits per heavy atom. The van der Waals surface area contributed by atoms with E-state index in [-0.39, 0.29) is 30.2 Å². The maximum absolute atomic E-state index is 13.6. The van der Waals surface area contributed by atoms with Crippen molar-refractivity contribution >= 4 is 23.5 Å². The topological polar surface area (TPSA) is 64.6 Å². The van der Waals surface area contributed by atoms with Gasteiger partial charge in [-0.2, -0.15) is 13.2 Å². The fourth-order valence-electron chi connectivity index (χ4n) is 3.25. The third kappa shape index (κ3) is 7.75. The molecule has 0 aliphatic rings. The first-order valence-electron chi connectivity index (χ1n) is 10.8. The number of carbonyl (C=O) groups excluding carboxylic acids is 2. The lowest BCUT2D eigenvalue weighted by Gasteiger charge is -2.15. The Bertz CT molecular complexity index is 1160. The van der Waals surface area contributed by atoms with Crippen LogP contribution in [0.1, 0.15) is 34.0 Å². The molecular formula is C26H23ClF3NO4. The van der Waals surface area contributed by atoms with E-state index in [0.717, 1.165) is 17.7 Å². The van der Waals surface area contributed by atoms with Gasteiger partial charge in [-0.15, -0.1) is 0 Å². The van der Waals surface area contributed by atoms with Gasteiger partial charge in [-0.1, -0.05) is 29.8 Å². The van der Waals surface area contributed by atoms with Crippen molar-refractivity contribution in [1.82, 2.24) is 5.32 Å². The first kappa shape index (κ1) is 26.1. The second-order valence-corrected chi connectivity index (χ2v) is 8.01. The van der Waals surface area contributed by atoms with Crippen LogP contribution in [0.15, 0.2) is 66.7 Å². The zero-order valence-electron chi connectivity index (χ0n) is 18.8. The van der Waals surface area contributed by atoms with Gasteiger partial charge in [0.05, 0.1) is 18.6 Å². The van der Waals surface area contributed by atoms with E-state index in [1.807, 2.05) is 12.1 Å². The summed E-state index contributed by atoms with van der Waals surface area (Å²) in [5.74, 6) is -1.21. The molecule has 5 nitrogen and oxygen atoms in total. The van der Waals surface area contributed by atoms with Crippen molar-refractivity contribution < 1.29 is 32.2 Å². The van der Waals surface area contributed by atoms with E-state index in [1.54, 1.807) is 19.1 Å². The maximum Gasteiger partial charge on any atom is 0.419 e. The lowest BCUT2D eigenvalue weighted by Crippen LogP contribution is -2.25. The first-order valence-corrected chi connectivity index (χ1v) is 11.2. The molecule has 3 rings (SSSR count). The summed E-state index contributed by atoms with van der Waals surface area (Å²) in [6.45, 7) is 2.17. The lowest BCUT2D eigenvalue weighted by atomic mass is 10.1. The van der Waals surface area contributed by atoms with Gasteiger partial charge < -0.3 is 14.8 Å². The van der Waals surface area contributed by atoms with Gasteiger partial charge in [0.25, 0.3) is 5.91 Å². The third-order valence-electron chi connectivity index (χ3n) is 4.96. The first-order chi connectivity index (χ1) is 16.7. The van der Waals surface area contributed by atoms with E-state index in [1.165, 1.54) is 30.3 Å². The number of benzene rings is 3. The zero-order valence-corrected chi connectivity index (χ0v) is 19.6. The molecule has 0 radical (unpaired) electrons. The minimum absolute atomic E-state index is 0.131. The fourth-order valence-corrected chi connectivity index (χ4v) is 3.38. The van der Waals surface area contributed by atoms with Crippen LogP contribution in [0.5, 0.6) is 11.5 Å². The summed E-state index contributed by atoms with van der Waals surface area (Å²) in [5, 5.41) is 3.43. The van der Waals surface area contributed by atoms with Crippen LogP contribution in [0.3, 0.4) is 0 Å². The Labute approximate surface area is 205 Å². The Hall–Kier alpha value is -3.52. The number of nitrogens with one attached hydrogen (secondary N) is 1. The van der Waals surface area contributed by atoms with Crippen LogP contribution in [0.4, 0.5) is 13.2 Å². The van der Waals surface area contributed by atoms with Crippen molar-refractivity contribution in [2.24, 2.45) is 0 Å². The number of hydrogen-bond acceptors (Lipinski definition) is 4. The average molecular weight is 506 g/mol. The lowest BCUT2D eigenvalue weighted by molar-refractivity contribution is -0.143. The largest absolute Gasteiger partial charge is 0.466 e. The Balaban J connectivity index is 1.64.